The van der Waals surface area contributed by atoms with Crippen molar-refractivity contribution in [3.05, 3.63) is 157 Å². The zero-order chi connectivity index (χ0) is 34.0. The second-order valence-corrected chi connectivity index (χ2v) is 13.8. The van der Waals surface area contributed by atoms with E-state index >= 15 is 0 Å². The molecule has 2 heterocycles. The molecule has 1 aromatic heterocycles. The Kier molecular flexibility index (Phi) is 7.71. The normalized spacial score (nSPS) is 20.0. The van der Waals surface area contributed by atoms with Crippen molar-refractivity contribution < 1.29 is 28.7 Å². The lowest BCUT2D eigenvalue weighted by Crippen LogP contribution is -2.52. The van der Waals surface area contributed by atoms with Crippen molar-refractivity contribution in [2.24, 2.45) is 11.8 Å². The predicted octanol–water partition coefficient (Wildman–Crippen LogP) is 7.41. The van der Waals surface area contributed by atoms with Gasteiger partial charge in [0, 0.05) is 22.4 Å². The number of nitrogens with zero attached hydrogens (tertiary/aromatic N) is 2. The first-order valence-electron chi connectivity index (χ1n) is 15.4. The first kappa shape index (κ1) is 31.2. The van der Waals surface area contributed by atoms with E-state index in [4.69, 9.17) is 27.9 Å². The third-order valence-electron chi connectivity index (χ3n) is 9.47. The molecule has 11 heteroatoms. The van der Waals surface area contributed by atoms with Gasteiger partial charge in [0.25, 0.3) is 17.7 Å². The smallest absolute Gasteiger partial charge is 0.353 e. The van der Waals surface area contributed by atoms with Crippen LogP contribution in [0.4, 0.5) is 0 Å². The molecule has 49 heavy (non-hydrogen) atoms. The molecule has 8 nitrogen and oxygen atoms in total. The molecule has 0 unspecified atom stereocenters. The van der Waals surface area contributed by atoms with E-state index in [1.165, 1.54) is 53.8 Å². The van der Waals surface area contributed by atoms with Crippen LogP contribution < -0.4 is 4.74 Å². The van der Waals surface area contributed by atoms with Crippen molar-refractivity contribution in [2.75, 3.05) is 6.54 Å². The summed E-state index contributed by atoms with van der Waals surface area (Å²) in [5.41, 5.74) is 4.05. The standard InChI is InChI=1S/C38H24Cl2N2O6S/c39-21-13-16-27(28(40)18-21)35(44)41(19-29(43)20-11-14-22(15-12-20)48-38(47)30-10-5-17-49-30)42-36(45)33-31-23-6-1-2-7-24(23)32(34(33)37(42)46)26-9-4-3-8-25(26)31/h1-18,31-34H,19H2/t31?,32?,33-,34+. The van der Waals surface area contributed by atoms with Crippen molar-refractivity contribution in [1.82, 2.24) is 10.0 Å². The van der Waals surface area contributed by atoms with Gasteiger partial charge in [0.05, 0.1) is 22.4 Å². The van der Waals surface area contributed by atoms with Gasteiger partial charge in [0.15, 0.2) is 5.78 Å². The van der Waals surface area contributed by atoms with E-state index in [-0.39, 0.29) is 26.9 Å². The fourth-order valence-electron chi connectivity index (χ4n) is 7.42. The van der Waals surface area contributed by atoms with Gasteiger partial charge in [0.1, 0.15) is 17.2 Å². The largest absolute Gasteiger partial charge is 0.422 e. The van der Waals surface area contributed by atoms with Crippen molar-refractivity contribution >= 4 is 64.0 Å². The average Bonchev–Trinajstić information content (AvgIpc) is 3.74. The molecule has 3 aliphatic carbocycles. The number of carbonyl (C=O) groups is 5. The third-order valence-corrected chi connectivity index (χ3v) is 10.9. The van der Waals surface area contributed by atoms with E-state index in [9.17, 15) is 24.0 Å². The molecule has 3 amide bonds. The van der Waals surface area contributed by atoms with Crippen LogP contribution in [0.15, 0.2) is 109 Å². The number of halogens is 2. The minimum absolute atomic E-state index is 0.00301. The van der Waals surface area contributed by atoms with Crippen molar-refractivity contribution in [3.8, 4) is 5.75 Å². The number of ether oxygens (including phenoxy) is 1. The van der Waals surface area contributed by atoms with Gasteiger partial charge in [-0.25, -0.2) is 9.80 Å². The van der Waals surface area contributed by atoms with Gasteiger partial charge in [-0.15, -0.1) is 11.3 Å². The van der Waals surface area contributed by atoms with Crippen LogP contribution in [0.25, 0.3) is 0 Å². The minimum Gasteiger partial charge on any atom is -0.422 e. The summed E-state index contributed by atoms with van der Waals surface area (Å²) in [4.78, 5) is 70.0. The molecule has 0 N–H and O–H groups in total. The topological polar surface area (TPSA) is 101 Å². The van der Waals surface area contributed by atoms with Crippen LogP contribution in [0.3, 0.4) is 0 Å². The lowest BCUT2D eigenvalue weighted by atomic mass is 9.55. The third kappa shape index (κ3) is 5.08. The lowest BCUT2D eigenvalue weighted by molar-refractivity contribution is -0.154. The summed E-state index contributed by atoms with van der Waals surface area (Å²) in [6.07, 6.45) is 0. The Morgan fingerprint density at radius 1 is 0.735 bits per heavy atom. The molecule has 0 spiro atoms. The Bertz CT molecular complexity index is 2090. The molecule has 4 aromatic carbocycles. The van der Waals surface area contributed by atoms with Crippen LogP contribution in [-0.2, 0) is 9.59 Å². The monoisotopic (exact) mass is 706 g/mol. The Morgan fingerprint density at radius 3 is 1.82 bits per heavy atom. The molecule has 1 aliphatic heterocycles. The molecule has 0 saturated carbocycles. The Labute approximate surface area is 294 Å². The first-order chi connectivity index (χ1) is 23.7. The van der Waals surface area contributed by atoms with E-state index in [1.54, 1.807) is 17.5 Å². The summed E-state index contributed by atoms with van der Waals surface area (Å²) in [7, 11) is 0. The van der Waals surface area contributed by atoms with Gasteiger partial charge in [-0.1, -0.05) is 77.8 Å². The highest BCUT2D eigenvalue weighted by molar-refractivity contribution is 7.12. The van der Waals surface area contributed by atoms with Crippen molar-refractivity contribution in [2.45, 2.75) is 11.8 Å². The fourth-order valence-corrected chi connectivity index (χ4v) is 8.51. The molecular formula is C38H24Cl2N2O6S. The highest BCUT2D eigenvalue weighted by Crippen LogP contribution is 2.61. The first-order valence-corrected chi connectivity index (χ1v) is 17.1. The van der Waals surface area contributed by atoms with Gasteiger partial charge in [0.2, 0.25) is 0 Å². The number of benzene rings is 4. The molecule has 4 aliphatic rings. The van der Waals surface area contributed by atoms with Crippen LogP contribution in [-0.4, -0.2) is 46.0 Å². The Morgan fingerprint density at radius 2 is 1.31 bits per heavy atom. The summed E-state index contributed by atoms with van der Waals surface area (Å²) in [5.74, 6) is -5.14. The SMILES string of the molecule is O=C(CN(C(=O)c1ccc(Cl)cc1Cl)N1C(=O)[C@@H]2C3c4ccccc4C(c4ccccc43)[C@@H]2C1=O)c1ccc(OC(=O)c2cccs2)cc1. The maximum Gasteiger partial charge on any atom is 0.353 e. The van der Waals surface area contributed by atoms with Crippen LogP contribution in [0, 0.1) is 11.8 Å². The summed E-state index contributed by atoms with van der Waals surface area (Å²) in [6, 6.07) is 29.1. The van der Waals surface area contributed by atoms with E-state index in [2.05, 4.69) is 0 Å². The van der Waals surface area contributed by atoms with Crippen LogP contribution in [0.1, 0.15) is 64.5 Å². The van der Waals surface area contributed by atoms with E-state index in [1.807, 2.05) is 48.5 Å². The zero-order valence-electron chi connectivity index (χ0n) is 25.4. The average molecular weight is 708 g/mol. The summed E-state index contributed by atoms with van der Waals surface area (Å²) in [6.45, 7) is -0.641. The number of carbonyl (C=O) groups excluding carboxylic acids is 5. The number of imide groups is 1. The Hall–Kier alpha value is -5.09. The molecule has 2 bridgehead atoms. The highest BCUT2D eigenvalue weighted by atomic mass is 35.5. The zero-order valence-corrected chi connectivity index (χ0v) is 27.7. The number of ketones is 1. The molecule has 9 rings (SSSR count). The summed E-state index contributed by atoms with van der Waals surface area (Å²) < 4.78 is 5.41. The summed E-state index contributed by atoms with van der Waals surface area (Å²) in [5, 5.41) is 3.81. The quantitative estimate of drug-likeness (QED) is 0.0757. The molecule has 1 fully saturated rings. The number of esters is 1. The van der Waals surface area contributed by atoms with E-state index < -0.39 is 59.7 Å². The number of hydrazine groups is 1. The minimum atomic E-state index is -0.806. The molecule has 0 radical (unpaired) electrons. The lowest BCUT2D eigenvalue weighted by Gasteiger charge is -2.45. The number of amides is 3. The number of hydrogen-bond donors (Lipinski definition) is 0. The molecule has 242 valence electrons. The second-order valence-electron chi connectivity index (χ2n) is 12.1. The maximum absolute atomic E-state index is 14.5. The van der Waals surface area contributed by atoms with Gasteiger partial charge >= 0.3 is 5.97 Å². The molecular weight excluding hydrogens is 683 g/mol. The molecule has 1 saturated heterocycles. The fraction of sp³-hybridized carbons (Fsp3) is 0.132. The maximum atomic E-state index is 14.5. The van der Waals surface area contributed by atoms with Gasteiger partial charge in [-0.2, -0.15) is 5.01 Å². The van der Waals surface area contributed by atoms with Gasteiger partial charge in [-0.3, -0.25) is 19.2 Å². The molecule has 2 atom stereocenters. The Balaban J connectivity index is 1.15. The van der Waals surface area contributed by atoms with Gasteiger partial charge < -0.3 is 4.74 Å². The highest BCUT2D eigenvalue weighted by Gasteiger charge is 2.63. The van der Waals surface area contributed by atoms with Crippen LogP contribution >= 0.6 is 34.5 Å². The number of Topliss-reactive ketones (excluding diaryl/α,β-unsaturated/α-hetero) is 1. The van der Waals surface area contributed by atoms with Crippen molar-refractivity contribution in [1.29, 1.82) is 0 Å². The predicted molar refractivity (Wildman–Crippen MR) is 183 cm³/mol. The summed E-state index contributed by atoms with van der Waals surface area (Å²) >= 11 is 13.8. The van der Waals surface area contributed by atoms with Gasteiger partial charge in [-0.05, 0) is 76.2 Å². The van der Waals surface area contributed by atoms with Crippen molar-refractivity contribution in [3.63, 3.8) is 0 Å². The van der Waals surface area contributed by atoms with Crippen LogP contribution in [0.5, 0.6) is 5.75 Å². The molecule has 5 aromatic rings. The number of hydrogen-bond acceptors (Lipinski definition) is 7. The number of rotatable bonds is 7. The number of thiophene rings is 1. The van der Waals surface area contributed by atoms with Crippen LogP contribution in [0.2, 0.25) is 10.0 Å². The van der Waals surface area contributed by atoms with E-state index in [0.717, 1.165) is 32.3 Å². The second kappa shape index (κ2) is 12.1. The van der Waals surface area contributed by atoms with E-state index in [0.29, 0.717) is 4.88 Å².